The van der Waals surface area contributed by atoms with Crippen LogP contribution >= 0.6 is 0 Å². The molecule has 44 heavy (non-hydrogen) atoms. The minimum Gasteiger partial charge on any atom is -0.508 e. The van der Waals surface area contributed by atoms with Gasteiger partial charge >= 0.3 is 11.9 Å². The number of aromatic hydroxyl groups is 4. The van der Waals surface area contributed by atoms with Crippen LogP contribution in [0.5, 0.6) is 23.0 Å². The topological polar surface area (TPSA) is 214 Å². The van der Waals surface area contributed by atoms with E-state index >= 15 is 0 Å². The molecule has 0 saturated heterocycles. The van der Waals surface area contributed by atoms with E-state index < -0.39 is 23.8 Å². The zero-order chi connectivity index (χ0) is 32.2. The van der Waals surface area contributed by atoms with Crippen molar-refractivity contribution in [1.29, 1.82) is 0 Å². The minimum atomic E-state index is -1.26. The highest BCUT2D eigenvalue weighted by Crippen LogP contribution is 2.22. The molecule has 2 amide bonds. The van der Waals surface area contributed by atoms with Gasteiger partial charge in [-0.3, -0.25) is 9.59 Å². The number of amides is 2. The maximum atomic E-state index is 11.8. The van der Waals surface area contributed by atoms with Crippen LogP contribution < -0.4 is 10.6 Å². The van der Waals surface area contributed by atoms with Crippen LogP contribution in [0.25, 0.3) is 12.2 Å². The summed E-state index contributed by atoms with van der Waals surface area (Å²) in [5, 5.41) is 59.8. The zero-order valence-corrected chi connectivity index (χ0v) is 22.7. The number of carbonyl (C=O) groups is 4. The maximum Gasteiger partial charge on any atom is 0.337 e. The number of carboxylic acid groups (broad SMARTS) is 2. The van der Waals surface area contributed by atoms with E-state index in [0.717, 1.165) is 12.1 Å². The second kappa shape index (κ2) is 14.9. The largest absolute Gasteiger partial charge is 0.508 e. The minimum absolute atomic E-state index is 0.0886. The summed E-state index contributed by atoms with van der Waals surface area (Å²) in [4.78, 5) is 45.7. The normalized spacial score (nSPS) is 10.5. The Balaban J connectivity index is 0.000000240. The van der Waals surface area contributed by atoms with Crippen molar-refractivity contribution in [2.24, 2.45) is 0 Å². The molecule has 0 unspecified atom stereocenters. The number of benzene rings is 4. The van der Waals surface area contributed by atoms with E-state index in [4.69, 9.17) is 20.4 Å². The third-order valence-corrected chi connectivity index (χ3v) is 5.62. The van der Waals surface area contributed by atoms with Gasteiger partial charge in [-0.05, 0) is 83.9 Å². The number of anilines is 2. The van der Waals surface area contributed by atoms with Gasteiger partial charge in [-0.2, -0.15) is 0 Å². The highest BCUT2D eigenvalue weighted by atomic mass is 16.4. The third kappa shape index (κ3) is 9.82. The summed E-state index contributed by atoms with van der Waals surface area (Å²) in [5.74, 6) is -3.69. The molecule has 0 aliphatic rings. The van der Waals surface area contributed by atoms with Crippen molar-refractivity contribution >= 4 is 47.3 Å². The SMILES string of the molecule is O=C(/C=C/c1ccc(O)cc1)Nc1ccc(O)cc1C(=O)O.O=C(/C=C/c1ccc(O)cc1)Nc1ccc(O)cc1C(=O)O. The second-order valence-electron chi connectivity index (χ2n) is 8.90. The fourth-order valence-corrected chi connectivity index (χ4v) is 3.50. The second-order valence-corrected chi connectivity index (χ2v) is 8.90. The number of carboxylic acids is 2. The van der Waals surface area contributed by atoms with Crippen LogP contribution in [0.2, 0.25) is 0 Å². The number of phenolic OH excluding ortho intramolecular Hbond substituents is 4. The monoisotopic (exact) mass is 598 g/mol. The molecule has 0 spiro atoms. The predicted molar refractivity (Wildman–Crippen MR) is 162 cm³/mol. The number of aromatic carboxylic acids is 2. The van der Waals surface area contributed by atoms with Crippen molar-refractivity contribution in [3.63, 3.8) is 0 Å². The Kier molecular flexibility index (Phi) is 10.8. The number of rotatable bonds is 8. The maximum absolute atomic E-state index is 11.8. The van der Waals surface area contributed by atoms with Crippen molar-refractivity contribution in [1.82, 2.24) is 0 Å². The lowest BCUT2D eigenvalue weighted by molar-refractivity contribution is -0.112. The van der Waals surface area contributed by atoms with E-state index in [9.17, 15) is 29.4 Å². The Morgan fingerprint density at radius 1 is 0.477 bits per heavy atom. The van der Waals surface area contributed by atoms with E-state index in [2.05, 4.69) is 10.6 Å². The van der Waals surface area contributed by atoms with E-state index in [0.29, 0.717) is 11.1 Å². The van der Waals surface area contributed by atoms with Crippen LogP contribution in [0.4, 0.5) is 11.4 Å². The standard InChI is InChI=1S/2C16H13NO5/c2*18-11-4-1-10(2-5-11)3-8-15(20)17-14-7-6-12(19)9-13(14)16(21)22/h2*1-9,18-19H,(H,17,20)(H,21,22)/b2*8-3+. The average Bonchev–Trinajstić information content (AvgIpc) is 2.98. The Bertz CT molecular complexity index is 1600. The molecular formula is C32H26N2O10. The van der Waals surface area contributed by atoms with Gasteiger partial charge in [0.25, 0.3) is 0 Å². The molecular weight excluding hydrogens is 572 g/mol. The molecule has 4 aromatic carbocycles. The first-order valence-corrected chi connectivity index (χ1v) is 12.6. The molecule has 0 saturated carbocycles. The van der Waals surface area contributed by atoms with E-state index in [1.165, 1.54) is 72.8 Å². The molecule has 0 bridgehead atoms. The van der Waals surface area contributed by atoms with Gasteiger partial charge in [0, 0.05) is 12.2 Å². The van der Waals surface area contributed by atoms with Gasteiger partial charge in [0.05, 0.1) is 22.5 Å². The lowest BCUT2D eigenvalue weighted by Gasteiger charge is -2.07. The molecule has 8 N–H and O–H groups in total. The molecule has 0 atom stereocenters. The Morgan fingerprint density at radius 3 is 1.11 bits per heavy atom. The average molecular weight is 599 g/mol. The fraction of sp³-hybridized carbons (Fsp3) is 0. The van der Waals surface area contributed by atoms with Crippen LogP contribution in [-0.2, 0) is 9.59 Å². The van der Waals surface area contributed by atoms with Crippen LogP contribution in [0, 0.1) is 0 Å². The molecule has 0 aliphatic heterocycles. The fourth-order valence-electron chi connectivity index (χ4n) is 3.50. The van der Waals surface area contributed by atoms with Crippen molar-refractivity contribution < 1.29 is 49.8 Å². The summed E-state index contributed by atoms with van der Waals surface area (Å²) in [6, 6.07) is 19.8. The first-order valence-electron chi connectivity index (χ1n) is 12.6. The van der Waals surface area contributed by atoms with Gasteiger partial charge in [0.2, 0.25) is 11.8 Å². The summed E-state index contributed by atoms with van der Waals surface area (Å²) < 4.78 is 0. The lowest BCUT2D eigenvalue weighted by Crippen LogP contribution is -2.11. The van der Waals surface area contributed by atoms with Crippen LogP contribution in [-0.4, -0.2) is 54.4 Å². The van der Waals surface area contributed by atoms with E-state index in [1.807, 2.05) is 0 Å². The van der Waals surface area contributed by atoms with Crippen LogP contribution in [0.3, 0.4) is 0 Å². The quantitative estimate of drug-likeness (QED) is 0.101. The molecule has 224 valence electrons. The molecule has 4 rings (SSSR count). The van der Waals surface area contributed by atoms with E-state index in [1.54, 1.807) is 24.3 Å². The van der Waals surface area contributed by atoms with Gasteiger partial charge in [0.1, 0.15) is 23.0 Å². The van der Waals surface area contributed by atoms with Gasteiger partial charge in [-0.1, -0.05) is 24.3 Å². The van der Waals surface area contributed by atoms with Crippen molar-refractivity contribution in [3.05, 3.63) is 119 Å². The van der Waals surface area contributed by atoms with Crippen molar-refractivity contribution in [3.8, 4) is 23.0 Å². The molecule has 0 heterocycles. The first kappa shape index (κ1) is 32.0. The van der Waals surface area contributed by atoms with E-state index in [-0.39, 0.29) is 45.5 Å². The summed E-state index contributed by atoms with van der Waals surface area (Å²) in [7, 11) is 0. The van der Waals surface area contributed by atoms with Gasteiger partial charge in [-0.25, -0.2) is 9.59 Å². The molecule has 12 heteroatoms. The summed E-state index contributed by atoms with van der Waals surface area (Å²) in [5.41, 5.74) is 1.18. The molecule has 0 fully saturated rings. The van der Waals surface area contributed by atoms with Gasteiger partial charge in [-0.15, -0.1) is 0 Å². The number of carbonyl (C=O) groups excluding carboxylic acids is 2. The van der Waals surface area contributed by atoms with Crippen molar-refractivity contribution in [2.75, 3.05) is 10.6 Å². The first-order chi connectivity index (χ1) is 20.9. The lowest BCUT2D eigenvalue weighted by atomic mass is 10.1. The number of hydrogen-bond donors (Lipinski definition) is 8. The van der Waals surface area contributed by atoms with Crippen molar-refractivity contribution in [2.45, 2.75) is 0 Å². The Morgan fingerprint density at radius 2 is 0.795 bits per heavy atom. The number of phenols is 4. The zero-order valence-electron chi connectivity index (χ0n) is 22.7. The smallest absolute Gasteiger partial charge is 0.337 e. The summed E-state index contributed by atoms with van der Waals surface area (Å²) >= 11 is 0. The van der Waals surface area contributed by atoms with Crippen LogP contribution in [0.1, 0.15) is 31.8 Å². The summed E-state index contributed by atoms with van der Waals surface area (Å²) in [6.07, 6.45) is 5.53. The Labute approximate surface area is 250 Å². The number of nitrogens with one attached hydrogen (secondary N) is 2. The molecule has 4 aromatic rings. The molecule has 0 radical (unpaired) electrons. The van der Waals surface area contributed by atoms with Gasteiger partial charge in [0.15, 0.2) is 0 Å². The number of hydrogen-bond acceptors (Lipinski definition) is 8. The summed E-state index contributed by atoms with van der Waals surface area (Å²) in [6.45, 7) is 0. The molecule has 0 aliphatic carbocycles. The Hall–Kier alpha value is -6.56. The third-order valence-electron chi connectivity index (χ3n) is 5.62. The molecule has 0 aromatic heterocycles. The predicted octanol–water partition coefficient (Wildman–Crippen LogP) is 4.90. The highest BCUT2D eigenvalue weighted by molar-refractivity contribution is 6.07. The van der Waals surface area contributed by atoms with Crippen LogP contribution in [0.15, 0.2) is 97.1 Å². The van der Waals surface area contributed by atoms with Gasteiger partial charge < -0.3 is 41.3 Å². The highest BCUT2D eigenvalue weighted by Gasteiger charge is 2.13. The molecule has 12 nitrogen and oxygen atoms in total.